The molecular weight excluding hydrogens is 310 g/mol. The first kappa shape index (κ1) is 13.8. The fourth-order valence-corrected chi connectivity index (χ4v) is 3.24. The van der Waals surface area contributed by atoms with Crippen molar-refractivity contribution in [3.05, 3.63) is 46.9 Å². The first-order chi connectivity index (χ1) is 9.95. The van der Waals surface area contributed by atoms with Gasteiger partial charge in [0.25, 0.3) is 5.56 Å². The molecule has 0 aliphatic rings. The zero-order valence-corrected chi connectivity index (χ0v) is 12.5. The number of aromatic nitrogens is 3. The Balaban J connectivity index is 2.24. The highest BCUT2D eigenvalue weighted by molar-refractivity contribution is 7.90. The molecule has 0 unspecified atom stereocenters. The first-order valence-electron chi connectivity index (χ1n) is 5.88. The maximum absolute atomic E-state index is 12.0. The second kappa shape index (κ2) is 4.97. The largest absolute Gasteiger partial charge is 0.279 e. The summed E-state index contributed by atoms with van der Waals surface area (Å²) in [7, 11) is -3.51. The monoisotopic (exact) mass is 319 g/mol. The summed E-state index contributed by atoms with van der Waals surface area (Å²) >= 11 is 1.28. The third kappa shape index (κ3) is 2.67. The van der Waals surface area contributed by atoms with E-state index < -0.39 is 9.84 Å². The van der Waals surface area contributed by atoms with E-state index in [0.717, 1.165) is 11.0 Å². The van der Waals surface area contributed by atoms with Gasteiger partial charge in [-0.25, -0.2) is 18.4 Å². The van der Waals surface area contributed by atoms with Crippen LogP contribution in [-0.4, -0.2) is 29.6 Å². The molecule has 0 aliphatic heterocycles. The van der Waals surface area contributed by atoms with E-state index in [1.54, 1.807) is 12.1 Å². The lowest BCUT2D eigenvalue weighted by molar-refractivity contribution is 0.593. The fourth-order valence-electron chi connectivity index (χ4n) is 1.76. The van der Waals surface area contributed by atoms with Crippen molar-refractivity contribution in [3.63, 3.8) is 0 Å². The van der Waals surface area contributed by atoms with Gasteiger partial charge in [-0.3, -0.25) is 4.79 Å². The molecule has 0 bridgehead atoms. The Kier molecular flexibility index (Phi) is 3.26. The topological polar surface area (TPSA) is 89.9 Å². The fraction of sp³-hybridized carbons (Fsp3) is 0.0769. The highest BCUT2D eigenvalue weighted by atomic mass is 32.2. The maximum atomic E-state index is 12.0. The van der Waals surface area contributed by atoms with Crippen LogP contribution in [0.15, 0.2) is 46.5 Å². The Hall–Kier alpha value is -2.19. The van der Waals surface area contributed by atoms with Crippen molar-refractivity contribution in [2.75, 3.05) is 6.26 Å². The minimum absolute atomic E-state index is 0.283. The summed E-state index contributed by atoms with van der Waals surface area (Å²) in [6.45, 7) is 0. The van der Waals surface area contributed by atoms with Crippen molar-refractivity contribution in [1.82, 2.24) is 15.0 Å². The van der Waals surface area contributed by atoms with Crippen LogP contribution in [-0.2, 0) is 9.84 Å². The summed E-state index contributed by atoms with van der Waals surface area (Å²) in [5.41, 5.74) is -0.0443. The van der Waals surface area contributed by atoms with Crippen LogP contribution in [0.25, 0.3) is 20.8 Å². The maximum Gasteiger partial charge on any atom is 0.279 e. The summed E-state index contributed by atoms with van der Waals surface area (Å²) in [5, 5.41) is 0.615. The zero-order valence-electron chi connectivity index (χ0n) is 10.8. The molecule has 106 valence electrons. The quantitative estimate of drug-likeness (QED) is 0.665. The summed E-state index contributed by atoms with van der Waals surface area (Å²) < 4.78 is 23.8. The first-order valence-corrected chi connectivity index (χ1v) is 8.59. The van der Waals surface area contributed by atoms with Gasteiger partial charge in [0, 0.05) is 17.2 Å². The van der Waals surface area contributed by atoms with Gasteiger partial charge in [-0.15, -0.1) is 11.3 Å². The van der Waals surface area contributed by atoms with Crippen molar-refractivity contribution in [2.24, 2.45) is 0 Å². The molecule has 3 rings (SSSR count). The van der Waals surface area contributed by atoms with E-state index >= 15 is 0 Å². The molecule has 3 aromatic rings. The molecule has 0 aliphatic carbocycles. The van der Waals surface area contributed by atoms with Crippen LogP contribution in [0.5, 0.6) is 0 Å². The second-order valence-electron chi connectivity index (χ2n) is 4.32. The average Bonchev–Trinajstić information content (AvgIpc) is 2.46. The van der Waals surface area contributed by atoms with Crippen LogP contribution >= 0.6 is 11.3 Å². The number of nitrogens with zero attached hydrogens (tertiary/aromatic N) is 3. The minimum atomic E-state index is -3.51. The lowest BCUT2D eigenvalue weighted by atomic mass is 10.3. The van der Waals surface area contributed by atoms with Gasteiger partial charge in [-0.05, 0) is 18.2 Å². The molecule has 0 saturated carbocycles. The molecule has 0 atom stereocenters. The van der Waals surface area contributed by atoms with E-state index in [9.17, 15) is 13.2 Å². The Morgan fingerprint density at radius 3 is 2.62 bits per heavy atom. The van der Waals surface area contributed by atoms with Crippen molar-refractivity contribution >= 4 is 31.3 Å². The summed E-state index contributed by atoms with van der Waals surface area (Å²) in [6.07, 6.45) is 2.37. The molecule has 0 N–H and O–H groups in total. The van der Waals surface area contributed by atoms with Crippen LogP contribution in [0.2, 0.25) is 0 Å². The van der Waals surface area contributed by atoms with Crippen molar-refractivity contribution < 1.29 is 8.42 Å². The Bertz CT molecular complexity index is 997. The third-order valence-corrected chi connectivity index (χ3v) is 4.64. The lowest BCUT2D eigenvalue weighted by Crippen LogP contribution is -2.08. The van der Waals surface area contributed by atoms with E-state index in [1.165, 1.54) is 23.6 Å². The number of sulfone groups is 1. The molecule has 1 aromatic carbocycles. The molecular formula is C13H9N3O3S2. The van der Waals surface area contributed by atoms with E-state index in [0.29, 0.717) is 16.1 Å². The lowest BCUT2D eigenvalue weighted by Gasteiger charge is -2.02. The third-order valence-electron chi connectivity index (χ3n) is 2.71. The van der Waals surface area contributed by atoms with Gasteiger partial charge in [-0.1, -0.05) is 12.1 Å². The van der Waals surface area contributed by atoms with Crippen LogP contribution in [0.3, 0.4) is 0 Å². The SMILES string of the molecule is CS(=O)(=O)c1nccc(-c2nc(=O)c3ccccc3s2)n1. The van der Waals surface area contributed by atoms with Crippen molar-refractivity contribution in [2.45, 2.75) is 5.16 Å². The average molecular weight is 319 g/mol. The molecule has 0 spiro atoms. The van der Waals surface area contributed by atoms with Gasteiger partial charge in [0.2, 0.25) is 15.0 Å². The van der Waals surface area contributed by atoms with Gasteiger partial charge in [-0.2, -0.15) is 4.98 Å². The van der Waals surface area contributed by atoms with E-state index in [2.05, 4.69) is 15.0 Å². The number of benzene rings is 1. The molecule has 0 amide bonds. The van der Waals surface area contributed by atoms with Gasteiger partial charge in [0.1, 0.15) is 10.7 Å². The van der Waals surface area contributed by atoms with Gasteiger partial charge >= 0.3 is 0 Å². The van der Waals surface area contributed by atoms with Crippen LogP contribution in [0, 0.1) is 0 Å². The zero-order chi connectivity index (χ0) is 15.0. The van der Waals surface area contributed by atoms with Crippen LogP contribution < -0.4 is 5.56 Å². The number of fused-ring (bicyclic) bond motifs is 1. The smallest absolute Gasteiger partial charge is 0.267 e. The minimum Gasteiger partial charge on any atom is -0.267 e. The number of rotatable bonds is 2. The molecule has 0 saturated heterocycles. The molecule has 0 fully saturated rings. The Labute approximate surface area is 124 Å². The number of hydrogen-bond donors (Lipinski definition) is 0. The number of hydrogen-bond acceptors (Lipinski definition) is 7. The Morgan fingerprint density at radius 2 is 1.86 bits per heavy atom. The van der Waals surface area contributed by atoms with E-state index in [1.807, 2.05) is 12.1 Å². The van der Waals surface area contributed by atoms with Crippen molar-refractivity contribution in [1.29, 1.82) is 0 Å². The predicted octanol–water partition coefficient (Wildman–Crippen LogP) is 1.52. The summed E-state index contributed by atoms with van der Waals surface area (Å²) in [6, 6.07) is 8.63. The standard InChI is InChI=1S/C13H9N3O3S2/c1-21(18,19)13-14-7-6-9(15-13)12-16-11(17)8-4-2-3-5-10(8)20-12/h2-7H,1H3. The highest BCUT2D eigenvalue weighted by Gasteiger charge is 2.14. The van der Waals surface area contributed by atoms with Gasteiger partial charge in [0.05, 0.1) is 5.39 Å². The predicted molar refractivity (Wildman–Crippen MR) is 80.0 cm³/mol. The molecule has 6 nitrogen and oxygen atoms in total. The van der Waals surface area contributed by atoms with Crippen LogP contribution in [0.1, 0.15) is 0 Å². The normalized spacial score (nSPS) is 11.7. The molecule has 0 radical (unpaired) electrons. The summed E-state index contributed by atoms with van der Waals surface area (Å²) in [4.78, 5) is 23.7. The van der Waals surface area contributed by atoms with E-state index in [-0.39, 0.29) is 10.7 Å². The van der Waals surface area contributed by atoms with Gasteiger partial charge < -0.3 is 0 Å². The summed E-state index contributed by atoms with van der Waals surface area (Å²) in [5.74, 6) is 0. The van der Waals surface area contributed by atoms with Crippen LogP contribution in [0.4, 0.5) is 0 Å². The molecule has 21 heavy (non-hydrogen) atoms. The Morgan fingerprint density at radius 1 is 1.10 bits per heavy atom. The molecule has 2 aromatic heterocycles. The molecule has 2 heterocycles. The highest BCUT2D eigenvalue weighted by Crippen LogP contribution is 2.24. The second-order valence-corrected chi connectivity index (χ2v) is 7.26. The molecule has 8 heteroatoms. The van der Waals surface area contributed by atoms with Gasteiger partial charge in [0.15, 0.2) is 0 Å². The van der Waals surface area contributed by atoms with Crippen molar-refractivity contribution in [3.8, 4) is 10.7 Å². The van der Waals surface area contributed by atoms with E-state index in [4.69, 9.17) is 0 Å².